The van der Waals surface area contributed by atoms with E-state index >= 15 is 0 Å². The van der Waals surface area contributed by atoms with Crippen LogP contribution in [0.25, 0.3) is 10.9 Å². The summed E-state index contributed by atoms with van der Waals surface area (Å²) in [6.45, 7) is -0.298. The number of benzene rings is 1. The Balaban J connectivity index is 2.64. The lowest BCUT2D eigenvalue weighted by molar-refractivity contribution is -0.0490. The zero-order valence-corrected chi connectivity index (χ0v) is 10.6. The Morgan fingerprint density at radius 2 is 2.25 bits per heavy atom. The molecule has 0 radical (unpaired) electrons. The van der Waals surface area contributed by atoms with Crippen LogP contribution in [0.15, 0.2) is 18.2 Å². The Labute approximate surface area is 105 Å². The maximum atomic E-state index is 12.2. The minimum atomic E-state index is -2.82. The number of para-hydroxylation sites is 1. The number of aryl methyl sites for hydroxylation is 1. The van der Waals surface area contributed by atoms with Crippen molar-refractivity contribution in [1.82, 2.24) is 9.78 Å². The zero-order chi connectivity index (χ0) is 11.7. The summed E-state index contributed by atoms with van der Waals surface area (Å²) in [6.07, 6.45) is 0. The number of nitrogens with zero attached hydrogens (tertiary/aromatic N) is 2. The summed E-state index contributed by atoms with van der Waals surface area (Å²) in [7, 11) is 0. The van der Waals surface area contributed by atoms with Gasteiger partial charge in [0.05, 0.1) is 0 Å². The molecule has 0 spiro atoms. The molecule has 0 atom stereocenters. The zero-order valence-electron chi connectivity index (χ0n) is 8.45. The van der Waals surface area contributed by atoms with Crippen LogP contribution < -0.4 is 4.74 Å². The van der Waals surface area contributed by atoms with Gasteiger partial charge in [-0.25, -0.2) is 0 Å². The second-order valence-electron chi connectivity index (χ2n) is 3.14. The van der Waals surface area contributed by atoms with E-state index < -0.39 is 6.61 Å². The van der Waals surface area contributed by atoms with Gasteiger partial charge in [-0.1, -0.05) is 6.07 Å². The number of ether oxygens (including phenoxy) is 1. The van der Waals surface area contributed by atoms with Crippen LogP contribution in [0, 0.1) is 3.70 Å². The lowest BCUT2D eigenvalue weighted by atomic mass is 10.2. The smallest absolute Gasteiger partial charge is 0.387 e. The maximum absolute atomic E-state index is 12.2. The van der Waals surface area contributed by atoms with E-state index in [0.29, 0.717) is 12.1 Å². The molecule has 0 bridgehead atoms. The molecule has 3 nitrogen and oxygen atoms in total. The number of hydrogen-bond donors (Lipinski definition) is 0. The number of hydrogen-bond acceptors (Lipinski definition) is 2. The molecule has 0 aliphatic carbocycles. The summed E-state index contributed by atoms with van der Waals surface area (Å²) in [5.41, 5.74) is 0.620. The molecular weight excluding hydrogens is 329 g/mol. The van der Waals surface area contributed by atoms with Gasteiger partial charge in [-0.15, -0.1) is 0 Å². The van der Waals surface area contributed by atoms with Crippen LogP contribution in [-0.2, 0) is 6.54 Å². The van der Waals surface area contributed by atoms with Gasteiger partial charge in [-0.05, 0) is 41.6 Å². The van der Waals surface area contributed by atoms with Crippen LogP contribution in [0.4, 0.5) is 8.78 Å². The molecule has 2 aromatic rings. The van der Waals surface area contributed by atoms with E-state index in [1.54, 1.807) is 10.7 Å². The minimum absolute atomic E-state index is 0.171. The van der Waals surface area contributed by atoms with E-state index in [9.17, 15) is 8.78 Å². The largest absolute Gasteiger partial charge is 0.433 e. The van der Waals surface area contributed by atoms with Crippen molar-refractivity contribution in [3.8, 4) is 5.75 Å². The van der Waals surface area contributed by atoms with E-state index in [2.05, 4.69) is 32.4 Å². The van der Waals surface area contributed by atoms with Gasteiger partial charge in [0.1, 0.15) is 9.22 Å². The topological polar surface area (TPSA) is 27.1 Å². The average molecular weight is 338 g/mol. The lowest BCUT2D eigenvalue weighted by Crippen LogP contribution is -2.04. The van der Waals surface area contributed by atoms with Gasteiger partial charge in [0, 0.05) is 11.9 Å². The first kappa shape index (κ1) is 11.6. The van der Waals surface area contributed by atoms with Crippen molar-refractivity contribution < 1.29 is 13.5 Å². The highest BCUT2D eigenvalue weighted by atomic mass is 127. The molecule has 0 saturated carbocycles. The molecule has 0 saturated heterocycles. The molecule has 0 fully saturated rings. The van der Waals surface area contributed by atoms with Gasteiger partial charge in [0.15, 0.2) is 5.75 Å². The Bertz CT molecular complexity index is 513. The first-order valence-electron chi connectivity index (χ1n) is 4.73. The van der Waals surface area contributed by atoms with Gasteiger partial charge >= 0.3 is 6.61 Å². The predicted octanol–water partition coefficient (Wildman–Crippen LogP) is 3.26. The number of fused-ring (bicyclic) bond motifs is 1. The Morgan fingerprint density at radius 1 is 1.50 bits per heavy atom. The summed E-state index contributed by atoms with van der Waals surface area (Å²) < 4.78 is 31.4. The molecule has 0 unspecified atom stereocenters. The van der Waals surface area contributed by atoms with Crippen LogP contribution >= 0.6 is 22.6 Å². The fraction of sp³-hybridized carbons (Fsp3) is 0.300. The van der Waals surface area contributed by atoms with Crippen molar-refractivity contribution in [3.63, 3.8) is 0 Å². The number of aromatic nitrogens is 2. The summed E-state index contributed by atoms with van der Waals surface area (Å²) >= 11 is 2.08. The standard InChI is InChI=1S/C10H9F2IN2O/c1-2-15-8-6(9(13)14-15)4-3-5-7(8)16-10(11)12/h3-5,10H,2H2,1H3. The summed E-state index contributed by atoms with van der Waals surface area (Å²) in [5, 5.41) is 5.09. The summed E-state index contributed by atoms with van der Waals surface area (Å²) in [4.78, 5) is 0. The van der Waals surface area contributed by atoms with Gasteiger partial charge in [-0.2, -0.15) is 13.9 Å². The monoisotopic (exact) mass is 338 g/mol. The molecule has 1 heterocycles. The Kier molecular flexibility index (Phi) is 3.27. The van der Waals surface area contributed by atoms with Gasteiger partial charge in [0.25, 0.3) is 0 Å². The van der Waals surface area contributed by atoms with E-state index in [4.69, 9.17) is 0 Å². The first-order chi connectivity index (χ1) is 7.63. The molecule has 1 aromatic carbocycles. The molecule has 2 rings (SSSR count). The number of alkyl halides is 2. The highest BCUT2D eigenvalue weighted by molar-refractivity contribution is 14.1. The predicted molar refractivity (Wildman–Crippen MR) is 64.8 cm³/mol. The fourth-order valence-electron chi connectivity index (χ4n) is 1.58. The molecule has 0 aliphatic heterocycles. The molecule has 86 valence electrons. The van der Waals surface area contributed by atoms with Crippen LogP contribution in [-0.4, -0.2) is 16.4 Å². The van der Waals surface area contributed by atoms with Crippen molar-refractivity contribution in [2.45, 2.75) is 20.1 Å². The third-order valence-corrected chi connectivity index (χ3v) is 3.00. The van der Waals surface area contributed by atoms with Crippen LogP contribution in [0.1, 0.15) is 6.92 Å². The third-order valence-electron chi connectivity index (χ3n) is 2.20. The van der Waals surface area contributed by atoms with E-state index in [0.717, 1.165) is 9.09 Å². The normalized spacial score (nSPS) is 11.3. The minimum Gasteiger partial charge on any atom is -0.433 e. The lowest BCUT2D eigenvalue weighted by Gasteiger charge is -2.07. The van der Waals surface area contributed by atoms with Crippen LogP contribution in [0.3, 0.4) is 0 Å². The Hall–Kier alpha value is -0.920. The van der Waals surface area contributed by atoms with Crippen molar-refractivity contribution in [3.05, 3.63) is 21.9 Å². The third kappa shape index (κ3) is 1.98. The van der Waals surface area contributed by atoms with Crippen molar-refractivity contribution in [1.29, 1.82) is 0 Å². The number of rotatable bonds is 3. The van der Waals surface area contributed by atoms with Gasteiger partial charge in [-0.3, -0.25) is 4.68 Å². The van der Waals surface area contributed by atoms with Crippen molar-refractivity contribution in [2.24, 2.45) is 0 Å². The van der Waals surface area contributed by atoms with E-state index in [1.165, 1.54) is 6.07 Å². The van der Waals surface area contributed by atoms with E-state index in [1.807, 2.05) is 13.0 Å². The maximum Gasteiger partial charge on any atom is 0.387 e. The second-order valence-corrected chi connectivity index (χ2v) is 4.16. The SMILES string of the molecule is CCn1nc(I)c2cccc(OC(F)F)c21. The van der Waals surface area contributed by atoms with Crippen molar-refractivity contribution >= 4 is 33.5 Å². The van der Waals surface area contributed by atoms with Gasteiger partial charge < -0.3 is 4.74 Å². The molecule has 16 heavy (non-hydrogen) atoms. The van der Waals surface area contributed by atoms with Crippen LogP contribution in [0.5, 0.6) is 5.75 Å². The quantitative estimate of drug-likeness (QED) is 0.804. The molecular formula is C10H9F2IN2O. The summed E-state index contributed by atoms with van der Waals surface area (Å²) in [6, 6.07) is 5.05. The average Bonchev–Trinajstić information content (AvgIpc) is 2.56. The van der Waals surface area contributed by atoms with Gasteiger partial charge in [0.2, 0.25) is 0 Å². The fourth-order valence-corrected chi connectivity index (χ4v) is 2.28. The van der Waals surface area contributed by atoms with Crippen LogP contribution in [0.2, 0.25) is 0 Å². The molecule has 6 heteroatoms. The van der Waals surface area contributed by atoms with E-state index in [-0.39, 0.29) is 5.75 Å². The van der Waals surface area contributed by atoms with Crippen molar-refractivity contribution in [2.75, 3.05) is 0 Å². The summed E-state index contributed by atoms with van der Waals surface area (Å²) in [5.74, 6) is 0.171. The second kappa shape index (κ2) is 4.52. The Morgan fingerprint density at radius 3 is 2.88 bits per heavy atom. The molecule has 0 aliphatic rings. The molecule has 0 N–H and O–H groups in total. The highest BCUT2D eigenvalue weighted by Gasteiger charge is 2.14. The first-order valence-corrected chi connectivity index (χ1v) is 5.81. The molecule has 1 aromatic heterocycles. The number of halogens is 3. The molecule has 0 amide bonds. The highest BCUT2D eigenvalue weighted by Crippen LogP contribution is 2.29.